The third-order valence-electron chi connectivity index (χ3n) is 6.02. The molecule has 3 fully saturated rings. The number of nitrogens with zero attached hydrogens (tertiary/aromatic N) is 1. The number of carbonyl (C=O) groups excluding carboxylic acids is 1. The van der Waals surface area contributed by atoms with Crippen molar-refractivity contribution in [3.8, 4) is 0 Å². The predicted octanol–water partition coefficient (Wildman–Crippen LogP) is 3.96. The van der Waals surface area contributed by atoms with E-state index in [9.17, 15) is 9.18 Å². The van der Waals surface area contributed by atoms with Crippen LogP contribution in [0.4, 0.5) is 4.39 Å². The highest BCUT2D eigenvalue weighted by Gasteiger charge is 2.63. The van der Waals surface area contributed by atoms with Gasteiger partial charge in [0.25, 0.3) is 5.91 Å². The summed E-state index contributed by atoms with van der Waals surface area (Å²) >= 11 is 0. The second-order valence-electron chi connectivity index (χ2n) is 7.75. The molecule has 0 N–H and O–H groups in total. The van der Waals surface area contributed by atoms with Crippen molar-refractivity contribution in [3.63, 3.8) is 0 Å². The molecule has 2 aromatic carbocycles. The smallest absolute Gasteiger partial charge is 0.257 e. The van der Waals surface area contributed by atoms with Gasteiger partial charge in [-0.2, -0.15) is 0 Å². The second-order valence-corrected chi connectivity index (χ2v) is 7.75. The molecule has 5 heteroatoms. The fourth-order valence-corrected chi connectivity index (χ4v) is 4.58. The van der Waals surface area contributed by atoms with Crippen LogP contribution >= 0.6 is 0 Å². The first-order valence-electron chi connectivity index (χ1n) is 9.56. The number of benzene rings is 2. The van der Waals surface area contributed by atoms with Gasteiger partial charge in [0.2, 0.25) is 0 Å². The lowest BCUT2D eigenvalue weighted by Crippen LogP contribution is -2.54. The molecule has 2 atom stereocenters. The highest BCUT2D eigenvalue weighted by Crippen LogP contribution is 2.51. The Morgan fingerprint density at radius 2 is 1.81 bits per heavy atom. The number of hydrogen-bond donors (Lipinski definition) is 0. The molecular weight excluding hydrogens is 345 g/mol. The molecule has 2 aromatic rings. The fourth-order valence-electron chi connectivity index (χ4n) is 4.58. The zero-order chi connectivity index (χ0) is 18.4. The van der Waals surface area contributed by atoms with Crippen molar-refractivity contribution < 1.29 is 18.7 Å². The van der Waals surface area contributed by atoms with Crippen LogP contribution in [0, 0.1) is 5.82 Å². The van der Waals surface area contributed by atoms with Crippen molar-refractivity contribution in [2.24, 2.45) is 0 Å². The number of amides is 1. The van der Waals surface area contributed by atoms with Crippen molar-refractivity contribution >= 4 is 5.91 Å². The van der Waals surface area contributed by atoms with Gasteiger partial charge < -0.3 is 14.4 Å². The van der Waals surface area contributed by atoms with E-state index in [1.165, 1.54) is 12.1 Å². The van der Waals surface area contributed by atoms with E-state index in [4.69, 9.17) is 9.47 Å². The van der Waals surface area contributed by atoms with E-state index in [1.807, 2.05) is 35.2 Å². The monoisotopic (exact) mass is 367 g/mol. The molecule has 2 aliphatic heterocycles. The molecule has 1 aliphatic carbocycles. The number of hydrogen-bond acceptors (Lipinski definition) is 3. The predicted molar refractivity (Wildman–Crippen MR) is 97.1 cm³/mol. The SMILES string of the molecule is O=C1N2[C@@H](CC[C@H]2c2ccc(F)cc2)OC12CC(OCc1ccccc1)C2. The van der Waals surface area contributed by atoms with E-state index in [0.717, 1.165) is 24.0 Å². The summed E-state index contributed by atoms with van der Waals surface area (Å²) in [5.74, 6) is -0.190. The number of fused-ring (bicyclic) bond motifs is 1. The van der Waals surface area contributed by atoms with Gasteiger partial charge in [-0.3, -0.25) is 4.79 Å². The van der Waals surface area contributed by atoms with Gasteiger partial charge in [-0.25, -0.2) is 4.39 Å². The van der Waals surface area contributed by atoms with E-state index >= 15 is 0 Å². The Morgan fingerprint density at radius 1 is 1.07 bits per heavy atom. The Bertz CT molecular complexity index is 832. The van der Waals surface area contributed by atoms with Gasteiger partial charge in [0.1, 0.15) is 12.0 Å². The molecule has 1 spiro atoms. The highest BCUT2D eigenvalue weighted by atomic mass is 19.1. The van der Waals surface area contributed by atoms with Gasteiger partial charge >= 0.3 is 0 Å². The number of carbonyl (C=O) groups is 1. The van der Waals surface area contributed by atoms with Crippen molar-refractivity contribution in [3.05, 3.63) is 71.5 Å². The average Bonchev–Trinajstić information content (AvgIpc) is 3.19. The van der Waals surface area contributed by atoms with Gasteiger partial charge in [0, 0.05) is 12.8 Å². The maximum absolute atomic E-state index is 13.2. The molecule has 5 rings (SSSR count). The van der Waals surface area contributed by atoms with Crippen molar-refractivity contribution in [2.45, 2.75) is 56.3 Å². The van der Waals surface area contributed by atoms with Crippen LogP contribution in [0.25, 0.3) is 0 Å². The number of rotatable bonds is 4. The van der Waals surface area contributed by atoms with Crippen LogP contribution in [0.3, 0.4) is 0 Å². The molecular formula is C22H22FNO3. The Kier molecular flexibility index (Phi) is 4.02. The summed E-state index contributed by atoms with van der Waals surface area (Å²) < 4.78 is 25.4. The average molecular weight is 367 g/mol. The van der Waals surface area contributed by atoms with Gasteiger partial charge in [-0.1, -0.05) is 42.5 Å². The number of halogens is 1. The lowest BCUT2D eigenvalue weighted by atomic mass is 9.76. The molecule has 4 nitrogen and oxygen atoms in total. The number of ether oxygens (including phenoxy) is 2. The van der Waals surface area contributed by atoms with E-state index in [-0.39, 0.29) is 30.1 Å². The first-order valence-corrected chi connectivity index (χ1v) is 9.56. The summed E-state index contributed by atoms with van der Waals surface area (Å²) in [6.07, 6.45) is 2.79. The van der Waals surface area contributed by atoms with Crippen LogP contribution in [0.2, 0.25) is 0 Å². The second kappa shape index (κ2) is 6.43. The standard InChI is InChI=1S/C22H22FNO3/c23-17-8-6-16(7-9-17)19-10-11-20-24(19)21(25)22(27-20)12-18(13-22)26-14-15-4-2-1-3-5-15/h1-9,18-20H,10-14H2/t18?,19-,20+,22?/m0/s1. The summed E-state index contributed by atoms with van der Waals surface area (Å²) in [6, 6.07) is 16.5. The third-order valence-corrected chi connectivity index (χ3v) is 6.02. The van der Waals surface area contributed by atoms with Gasteiger partial charge in [0.15, 0.2) is 5.60 Å². The molecule has 27 heavy (non-hydrogen) atoms. The van der Waals surface area contributed by atoms with Crippen LogP contribution < -0.4 is 0 Å². The zero-order valence-electron chi connectivity index (χ0n) is 15.0. The first-order chi connectivity index (χ1) is 13.1. The van der Waals surface area contributed by atoms with E-state index in [0.29, 0.717) is 19.4 Å². The van der Waals surface area contributed by atoms with E-state index in [2.05, 4.69) is 0 Å². The molecule has 1 saturated carbocycles. The molecule has 0 unspecified atom stereocenters. The molecule has 0 radical (unpaired) electrons. The van der Waals surface area contributed by atoms with Crippen molar-refractivity contribution in [2.75, 3.05) is 0 Å². The minimum Gasteiger partial charge on any atom is -0.373 e. The molecule has 3 aliphatic rings. The van der Waals surface area contributed by atoms with Gasteiger partial charge in [-0.05, 0) is 36.1 Å². The lowest BCUT2D eigenvalue weighted by Gasteiger charge is -2.42. The molecule has 0 bridgehead atoms. The van der Waals surface area contributed by atoms with Crippen molar-refractivity contribution in [1.82, 2.24) is 4.90 Å². The van der Waals surface area contributed by atoms with Gasteiger partial charge in [0.05, 0.1) is 18.8 Å². The van der Waals surface area contributed by atoms with E-state index in [1.54, 1.807) is 12.1 Å². The first kappa shape index (κ1) is 16.9. The zero-order valence-corrected chi connectivity index (χ0v) is 15.0. The van der Waals surface area contributed by atoms with E-state index < -0.39 is 5.60 Å². The third kappa shape index (κ3) is 2.86. The summed E-state index contributed by atoms with van der Waals surface area (Å²) in [4.78, 5) is 15.0. The summed E-state index contributed by atoms with van der Waals surface area (Å²) in [7, 11) is 0. The Balaban J connectivity index is 1.24. The topological polar surface area (TPSA) is 38.8 Å². The molecule has 0 aromatic heterocycles. The van der Waals surface area contributed by atoms with Crippen LogP contribution in [0.15, 0.2) is 54.6 Å². The molecule has 2 saturated heterocycles. The van der Waals surface area contributed by atoms with Crippen LogP contribution in [-0.2, 0) is 20.9 Å². The molecule has 2 heterocycles. The lowest BCUT2D eigenvalue weighted by molar-refractivity contribution is -0.177. The fraction of sp³-hybridized carbons (Fsp3) is 0.409. The van der Waals surface area contributed by atoms with Crippen LogP contribution in [-0.4, -0.2) is 28.7 Å². The maximum Gasteiger partial charge on any atom is 0.257 e. The molecule has 1 amide bonds. The summed E-state index contributed by atoms with van der Waals surface area (Å²) in [5, 5.41) is 0. The summed E-state index contributed by atoms with van der Waals surface area (Å²) in [6.45, 7) is 0.557. The maximum atomic E-state index is 13.2. The minimum atomic E-state index is -0.718. The quantitative estimate of drug-likeness (QED) is 0.821. The van der Waals surface area contributed by atoms with Crippen molar-refractivity contribution in [1.29, 1.82) is 0 Å². The Labute approximate surface area is 157 Å². The van der Waals surface area contributed by atoms with Crippen LogP contribution in [0.1, 0.15) is 42.9 Å². The normalized spacial score (nSPS) is 32.0. The largest absolute Gasteiger partial charge is 0.373 e. The van der Waals surface area contributed by atoms with Gasteiger partial charge in [-0.15, -0.1) is 0 Å². The van der Waals surface area contributed by atoms with Crippen LogP contribution in [0.5, 0.6) is 0 Å². The summed E-state index contributed by atoms with van der Waals surface area (Å²) in [5.41, 5.74) is 1.39. The molecule has 140 valence electrons. The minimum absolute atomic E-state index is 0.0215. The highest BCUT2D eigenvalue weighted by molar-refractivity contribution is 5.89. The Hall–Kier alpha value is -2.24. The Morgan fingerprint density at radius 3 is 2.56 bits per heavy atom.